The van der Waals surface area contributed by atoms with Crippen LogP contribution in [-0.2, 0) is 0 Å². The molecule has 0 aliphatic heterocycles. The van der Waals surface area contributed by atoms with Crippen molar-refractivity contribution in [1.29, 1.82) is 0 Å². The van der Waals surface area contributed by atoms with Crippen LogP contribution in [0.2, 0.25) is 0 Å². The average molecular weight is 303 g/mol. The fourth-order valence-corrected chi connectivity index (χ4v) is 4.84. The summed E-state index contributed by atoms with van der Waals surface area (Å²) in [5.74, 6) is 0. The van der Waals surface area contributed by atoms with E-state index in [1.54, 1.807) is 0 Å². The number of fused-ring (bicyclic) bond motifs is 1. The summed E-state index contributed by atoms with van der Waals surface area (Å²) >= 11 is 4.13. The first-order valence-electron chi connectivity index (χ1n) is 4.04. The molecule has 0 radical (unpaired) electrons. The van der Waals surface area contributed by atoms with E-state index >= 15 is 0 Å². The van der Waals surface area contributed by atoms with Crippen LogP contribution in [0.4, 0.5) is 4.56 Å². The van der Waals surface area contributed by atoms with Crippen LogP contribution in [0.5, 0.6) is 0 Å². The average Bonchev–Trinajstić information content (AvgIpc) is 2.45. The number of halogens is 1. The molecule has 0 N–H and O–H groups in total. The van der Waals surface area contributed by atoms with E-state index in [0.717, 1.165) is 0 Å². The zero-order chi connectivity index (χ0) is 9.42. The predicted octanol–water partition coefficient (Wildman–Crippen LogP) is 2.73. The van der Waals surface area contributed by atoms with E-state index in [1.165, 1.54) is 18.7 Å². The van der Waals surface area contributed by atoms with Crippen LogP contribution in [-0.4, -0.2) is 28.6 Å². The van der Waals surface area contributed by atoms with Crippen LogP contribution < -0.4 is 4.90 Å². The zero-order valence-corrected chi connectivity index (χ0v) is 10.8. The number of nitrogens with zero attached hydrogens (tertiary/aromatic N) is 1. The molecule has 0 atom stereocenters. The van der Waals surface area contributed by atoms with Crippen molar-refractivity contribution in [3.63, 3.8) is 0 Å². The number of benzene rings is 1. The Labute approximate surface area is 92.2 Å². The van der Waals surface area contributed by atoms with Gasteiger partial charge in [-0.3, -0.25) is 0 Å². The Balaban J connectivity index is 2.74. The molecule has 0 spiro atoms. The van der Waals surface area contributed by atoms with Gasteiger partial charge in [-0.05, 0) is 0 Å². The van der Waals surface area contributed by atoms with Gasteiger partial charge in [0.05, 0.1) is 0 Å². The Hall–Kier alpha value is -0.241. The molecular formula is C10H10BrNSe. The fraction of sp³-hybridized carbons (Fsp3) is 0.200. The van der Waals surface area contributed by atoms with Gasteiger partial charge in [0.15, 0.2) is 0 Å². The third kappa shape index (κ3) is 1.56. The maximum atomic E-state index is 3.66. The molecule has 1 nitrogen and oxygen atoms in total. The van der Waals surface area contributed by atoms with Gasteiger partial charge in [-0.2, -0.15) is 0 Å². The summed E-state index contributed by atoms with van der Waals surface area (Å²) in [5, 5.41) is 1.37. The zero-order valence-electron chi connectivity index (χ0n) is 7.54. The van der Waals surface area contributed by atoms with Crippen molar-refractivity contribution in [1.82, 2.24) is 0 Å². The second-order valence-electron chi connectivity index (χ2n) is 3.11. The van der Waals surface area contributed by atoms with Crippen molar-refractivity contribution in [3.05, 3.63) is 28.7 Å². The first kappa shape index (κ1) is 9.32. The van der Waals surface area contributed by atoms with Crippen LogP contribution in [0.3, 0.4) is 0 Å². The van der Waals surface area contributed by atoms with Crippen LogP contribution in [0.1, 0.15) is 0 Å². The van der Waals surface area contributed by atoms with Crippen molar-refractivity contribution < 1.29 is 0 Å². The van der Waals surface area contributed by atoms with Gasteiger partial charge in [0.25, 0.3) is 0 Å². The minimum atomic E-state index is 0.471. The van der Waals surface area contributed by atoms with Gasteiger partial charge in [-0.25, -0.2) is 0 Å². The number of hydrogen-bond donors (Lipinski definition) is 0. The van der Waals surface area contributed by atoms with E-state index in [4.69, 9.17) is 0 Å². The summed E-state index contributed by atoms with van der Waals surface area (Å²) in [6.45, 7) is 0. The Bertz CT molecular complexity index is 433. The summed E-state index contributed by atoms with van der Waals surface area (Å²) in [4.78, 5) is 2.20. The number of hydrogen-bond acceptors (Lipinski definition) is 1. The van der Waals surface area contributed by atoms with Crippen molar-refractivity contribution in [2.75, 3.05) is 19.0 Å². The van der Waals surface area contributed by atoms with Gasteiger partial charge in [0.1, 0.15) is 0 Å². The minimum absolute atomic E-state index is 0.471. The van der Waals surface area contributed by atoms with Gasteiger partial charge in [0.2, 0.25) is 0 Å². The van der Waals surface area contributed by atoms with Crippen molar-refractivity contribution >= 4 is 44.6 Å². The first-order chi connectivity index (χ1) is 6.20. The molecule has 13 heavy (non-hydrogen) atoms. The third-order valence-corrected chi connectivity index (χ3v) is 6.13. The Kier molecular flexibility index (Phi) is 2.50. The normalized spacial score (nSPS) is 10.7. The van der Waals surface area contributed by atoms with E-state index < -0.39 is 0 Å². The second kappa shape index (κ2) is 3.49. The summed E-state index contributed by atoms with van der Waals surface area (Å²) in [5.41, 5.74) is 0. The van der Waals surface area contributed by atoms with E-state index in [0.29, 0.717) is 14.5 Å². The van der Waals surface area contributed by atoms with E-state index in [1.807, 2.05) is 0 Å². The van der Waals surface area contributed by atoms with E-state index in [9.17, 15) is 0 Å². The Morgan fingerprint density at radius 1 is 1.23 bits per heavy atom. The molecular weight excluding hydrogens is 293 g/mol. The molecule has 3 heteroatoms. The van der Waals surface area contributed by atoms with E-state index in [2.05, 4.69) is 59.2 Å². The third-order valence-electron chi connectivity index (χ3n) is 1.92. The maximum absolute atomic E-state index is 3.66. The van der Waals surface area contributed by atoms with Crippen LogP contribution in [0.15, 0.2) is 28.7 Å². The van der Waals surface area contributed by atoms with Crippen molar-refractivity contribution in [2.24, 2.45) is 0 Å². The topological polar surface area (TPSA) is 3.24 Å². The Morgan fingerprint density at radius 2 is 1.92 bits per heavy atom. The molecule has 0 saturated heterocycles. The molecule has 0 saturated carbocycles. The van der Waals surface area contributed by atoms with Crippen LogP contribution in [0, 0.1) is 0 Å². The molecule has 1 aromatic heterocycles. The molecule has 2 rings (SSSR count). The monoisotopic (exact) mass is 303 g/mol. The summed E-state index contributed by atoms with van der Waals surface area (Å²) < 4.78 is 4.17. The molecule has 0 aliphatic carbocycles. The van der Waals surface area contributed by atoms with Gasteiger partial charge in [-0.15, -0.1) is 0 Å². The van der Waals surface area contributed by atoms with Crippen LogP contribution in [0.25, 0.3) is 9.65 Å². The SMILES string of the molecule is CN(C)c1[se]c2ccccc2c1Br. The number of anilines is 1. The quantitative estimate of drug-likeness (QED) is 0.732. The van der Waals surface area contributed by atoms with Crippen LogP contribution >= 0.6 is 15.9 Å². The molecule has 1 aromatic carbocycles. The molecule has 2 aromatic rings. The summed E-state index contributed by atoms with van der Waals surface area (Å²) in [6.07, 6.45) is 0. The number of rotatable bonds is 1. The Morgan fingerprint density at radius 3 is 2.54 bits per heavy atom. The van der Waals surface area contributed by atoms with E-state index in [-0.39, 0.29) is 0 Å². The molecule has 1 heterocycles. The van der Waals surface area contributed by atoms with Gasteiger partial charge < -0.3 is 0 Å². The second-order valence-corrected chi connectivity index (χ2v) is 6.07. The van der Waals surface area contributed by atoms with Crippen molar-refractivity contribution in [2.45, 2.75) is 0 Å². The predicted molar refractivity (Wildman–Crippen MR) is 62.9 cm³/mol. The molecule has 68 valence electrons. The molecule has 0 amide bonds. The molecule has 0 aliphatic rings. The van der Waals surface area contributed by atoms with Crippen molar-refractivity contribution in [3.8, 4) is 0 Å². The molecule has 0 fully saturated rings. The molecule has 0 unspecified atom stereocenters. The molecule has 0 bridgehead atoms. The fourth-order valence-electron chi connectivity index (χ4n) is 1.29. The first-order valence-corrected chi connectivity index (χ1v) is 6.55. The summed E-state index contributed by atoms with van der Waals surface area (Å²) in [7, 11) is 4.20. The van der Waals surface area contributed by atoms with Gasteiger partial charge >= 0.3 is 92.4 Å². The standard InChI is InChI=1S/C10H10BrNSe/c1-12(2)10-9(11)7-5-3-4-6-8(7)13-10/h3-6H,1-2H3. The van der Waals surface area contributed by atoms with Gasteiger partial charge in [0, 0.05) is 0 Å². The van der Waals surface area contributed by atoms with Gasteiger partial charge in [-0.1, -0.05) is 0 Å². The summed E-state index contributed by atoms with van der Waals surface area (Å²) in [6, 6.07) is 8.60.